The molecule has 3 heteroatoms. The van der Waals surface area contributed by atoms with Crippen molar-refractivity contribution in [3.63, 3.8) is 0 Å². The van der Waals surface area contributed by atoms with Crippen molar-refractivity contribution in [3.05, 3.63) is 65.5 Å². The summed E-state index contributed by atoms with van der Waals surface area (Å²) >= 11 is 0. The Balaban J connectivity index is 2.13. The lowest BCUT2D eigenvalue weighted by Gasteiger charge is -2.14. The fraction of sp³-hybridized carbons (Fsp3) is 0.250. The molecule has 0 bridgehead atoms. The van der Waals surface area contributed by atoms with Gasteiger partial charge in [0.1, 0.15) is 0 Å². The number of hydrogen-bond acceptors (Lipinski definition) is 2. The van der Waals surface area contributed by atoms with Crippen LogP contribution in [0.1, 0.15) is 16.7 Å². The SMILES string of the molecule is Cc1ccccc1CC(Cc1ccncc1)C(=O)O. The first kappa shape index (κ1) is 13.3. The summed E-state index contributed by atoms with van der Waals surface area (Å²) in [6.07, 6.45) is 4.49. The second-order valence-corrected chi connectivity index (χ2v) is 4.73. The van der Waals surface area contributed by atoms with Crippen LogP contribution in [-0.2, 0) is 17.6 Å². The van der Waals surface area contributed by atoms with Crippen molar-refractivity contribution < 1.29 is 9.90 Å². The van der Waals surface area contributed by atoms with Gasteiger partial charge in [0.15, 0.2) is 0 Å². The van der Waals surface area contributed by atoms with Gasteiger partial charge in [-0.25, -0.2) is 0 Å². The number of carboxylic acids is 1. The second kappa shape index (κ2) is 6.14. The van der Waals surface area contributed by atoms with E-state index in [2.05, 4.69) is 4.98 Å². The lowest BCUT2D eigenvalue weighted by atomic mass is 9.91. The molecular weight excluding hydrogens is 238 g/mol. The van der Waals surface area contributed by atoms with Crippen LogP contribution in [0.25, 0.3) is 0 Å². The predicted molar refractivity (Wildman–Crippen MR) is 73.9 cm³/mol. The number of pyridine rings is 1. The van der Waals surface area contributed by atoms with Crippen LogP contribution in [0.2, 0.25) is 0 Å². The number of hydrogen-bond donors (Lipinski definition) is 1. The van der Waals surface area contributed by atoms with E-state index in [0.29, 0.717) is 12.8 Å². The van der Waals surface area contributed by atoms with Gasteiger partial charge in [0.05, 0.1) is 5.92 Å². The fourth-order valence-electron chi connectivity index (χ4n) is 2.15. The summed E-state index contributed by atoms with van der Waals surface area (Å²) < 4.78 is 0. The number of nitrogens with zero attached hydrogens (tertiary/aromatic N) is 1. The van der Waals surface area contributed by atoms with Gasteiger partial charge in [-0.3, -0.25) is 9.78 Å². The molecule has 0 saturated carbocycles. The Morgan fingerprint density at radius 1 is 1.16 bits per heavy atom. The quantitative estimate of drug-likeness (QED) is 0.893. The molecule has 2 rings (SSSR count). The van der Waals surface area contributed by atoms with Gasteiger partial charge in [0.25, 0.3) is 0 Å². The highest BCUT2D eigenvalue weighted by Gasteiger charge is 2.19. The van der Waals surface area contributed by atoms with Crippen molar-refractivity contribution in [2.75, 3.05) is 0 Å². The average molecular weight is 255 g/mol. The number of aliphatic carboxylic acids is 1. The zero-order valence-corrected chi connectivity index (χ0v) is 10.9. The molecule has 3 nitrogen and oxygen atoms in total. The Bertz CT molecular complexity index is 552. The van der Waals surface area contributed by atoms with Gasteiger partial charge in [0, 0.05) is 12.4 Å². The van der Waals surface area contributed by atoms with Crippen LogP contribution >= 0.6 is 0 Å². The first-order chi connectivity index (χ1) is 9.16. The maximum Gasteiger partial charge on any atom is 0.307 e. The minimum absolute atomic E-state index is 0.400. The first-order valence-electron chi connectivity index (χ1n) is 6.33. The third-order valence-electron chi connectivity index (χ3n) is 3.31. The Hall–Kier alpha value is -2.16. The topological polar surface area (TPSA) is 50.2 Å². The molecule has 0 saturated heterocycles. The third-order valence-corrected chi connectivity index (χ3v) is 3.31. The molecule has 0 aliphatic carbocycles. The van der Waals surface area contributed by atoms with Crippen molar-refractivity contribution in [2.24, 2.45) is 5.92 Å². The molecule has 0 aliphatic heterocycles. The van der Waals surface area contributed by atoms with E-state index in [9.17, 15) is 9.90 Å². The summed E-state index contributed by atoms with van der Waals surface area (Å²) in [5.74, 6) is -1.15. The van der Waals surface area contributed by atoms with Crippen LogP contribution in [0, 0.1) is 12.8 Å². The van der Waals surface area contributed by atoms with Crippen LogP contribution in [0.5, 0.6) is 0 Å². The van der Waals surface area contributed by atoms with Gasteiger partial charge in [0.2, 0.25) is 0 Å². The zero-order valence-electron chi connectivity index (χ0n) is 10.9. The Morgan fingerprint density at radius 3 is 2.47 bits per heavy atom. The van der Waals surface area contributed by atoms with Gasteiger partial charge < -0.3 is 5.11 Å². The smallest absolute Gasteiger partial charge is 0.307 e. The van der Waals surface area contributed by atoms with E-state index in [1.807, 2.05) is 43.3 Å². The van der Waals surface area contributed by atoms with E-state index in [-0.39, 0.29) is 0 Å². The summed E-state index contributed by atoms with van der Waals surface area (Å²) in [6.45, 7) is 2.01. The fourth-order valence-corrected chi connectivity index (χ4v) is 2.15. The third kappa shape index (κ3) is 3.65. The minimum atomic E-state index is -0.750. The lowest BCUT2D eigenvalue weighted by Crippen LogP contribution is -2.19. The molecule has 1 N–H and O–H groups in total. The highest BCUT2D eigenvalue weighted by molar-refractivity contribution is 5.71. The molecule has 98 valence electrons. The maximum atomic E-state index is 11.4. The number of carbonyl (C=O) groups is 1. The number of rotatable bonds is 5. The van der Waals surface area contributed by atoms with Crippen LogP contribution in [0.15, 0.2) is 48.8 Å². The highest BCUT2D eigenvalue weighted by Crippen LogP contribution is 2.17. The van der Waals surface area contributed by atoms with Gasteiger partial charge >= 0.3 is 5.97 Å². The standard InChI is InChI=1S/C16H17NO2/c1-12-4-2-3-5-14(12)11-15(16(18)19)10-13-6-8-17-9-7-13/h2-9,15H,10-11H2,1H3,(H,18,19). The molecule has 1 unspecified atom stereocenters. The van der Waals surface area contributed by atoms with Gasteiger partial charge in [-0.15, -0.1) is 0 Å². The number of aryl methyl sites for hydroxylation is 1. The molecular formula is C16H17NO2. The van der Waals surface area contributed by atoms with Crippen molar-refractivity contribution in [3.8, 4) is 0 Å². The molecule has 2 aromatic rings. The molecule has 0 spiro atoms. The summed E-state index contributed by atoms with van der Waals surface area (Å²) in [7, 11) is 0. The zero-order chi connectivity index (χ0) is 13.7. The summed E-state index contributed by atoms with van der Waals surface area (Å²) in [4.78, 5) is 15.4. The maximum absolute atomic E-state index is 11.4. The van der Waals surface area contributed by atoms with E-state index < -0.39 is 11.9 Å². The van der Waals surface area contributed by atoms with Crippen LogP contribution in [0.3, 0.4) is 0 Å². The first-order valence-corrected chi connectivity index (χ1v) is 6.33. The Kier molecular flexibility index (Phi) is 4.29. The lowest BCUT2D eigenvalue weighted by molar-refractivity contribution is -0.141. The molecule has 0 amide bonds. The number of aromatic nitrogens is 1. The van der Waals surface area contributed by atoms with Crippen LogP contribution in [0.4, 0.5) is 0 Å². The van der Waals surface area contributed by atoms with E-state index in [1.165, 1.54) is 0 Å². The normalized spacial score (nSPS) is 12.1. The van der Waals surface area contributed by atoms with E-state index in [0.717, 1.165) is 16.7 Å². The molecule has 1 aromatic heterocycles. The van der Waals surface area contributed by atoms with Gasteiger partial charge in [-0.1, -0.05) is 24.3 Å². The van der Waals surface area contributed by atoms with E-state index >= 15 is 0 Å². The van der Waals surface area contributed by atoms with Crippen LogP contribution in [-0.4, -0.2) is 16.1 Å². The average Bonchev–Trinajstić information content (AvgIpc) is 2.41. The Labute approximate surface area is 112 Å². The molecule has 0 fully saturated rings. The largest absolute Gasteiger partial charge is 0.481 e. The molecule has 0 aliphatic rings. The highest BCUT2D eigenvalue weighted by atomic mass is 16.4. The number of carboxylic acid groups (broad SMARTS) is 1. The van der Waals surface area contributed by atoms with Crippen molar-refractivity contribution in [1.29, 1.82) is 0 Å². The summed E-state index contributed by atoms with van der Waals surface area (Å²) in [5.41, 5.74) is 3.25. The monoisotopic (exact) mass is 255 g/mol. The molecule has 1 heterocycles. The molecule has 1 atom stereocenters. The molecule has 0 radical (unpaired) electrons. The van der Waals surface area contributed by atoms with Crippen molar-refractivity contribution in [1.82, 2.24) is 4.98 Å². The summed E-state index contributed by atoms with van der Waals surface area (Å²) in [5, 5.41) is 9.37. The Morgan fingerprint density at radius 2 is 1.84 bits per heavy atom. The minimum Gasteiger partial charge on any atom is -0.481 e. The molecule has 1 aromatic carbocycles. The summed E-state index contributed by atoms with van der Waals surface area (Å²) in [6, 6.07) is 11.7. The van der Waals surface area contributed by atoms with Crippen molar-refractivity contribution in [2.45, 2.75) is 19.8 Å². The molecule has 19 heavy (non-hydrogen) atoms. The van der Waals surface area contributed by atoms with Gasteiger partial charge in [-0.2, -0.15) is 0 Å². The van der Waals surface area contributed by atoms with E-state index in [4.69, 9.17) is 0 Å². The van der Waals surface area contributed by atoms with Crippen LogP contribution < -0.4 is 0 Å². The predicted octanol–water partition coefficient (Wildman–Crippen LogP) is 2.88. The second-order valence-electron chi connectivity index (χ2n) is 4.73. The van der Waals surface area contributed by atoms with Gasteiger partial charge in [-0.05, 0) is 48.6 Å². The van der Waals surface area contributed by atoms with E-state index in [1.54, 1.807) is 12.4 Å². The number of benzene rings is 1. The van der Waals surface area contributed by atoms with Crippen molar-refractivity contribution >= 4 is 5.97 Å².